The largest absolute Gasteiger partial charge is 0.460 e. The first-order valence-electron chi connectivity index (χ1n) is 7.98. The van der Waals surface area contributed by atoms with Crippen LogP contribution in [0, 0.1) is 0 Å². The highest BCUT2D eigenvalue weighted by molar-refractivity contribution is 5.82. The fraction of sp³-hybridized carbons (Fsp3) is 0.312. The molecule has 5 nitrogen and oxygen atoms in total. The van der Waals surface area contributed by atoms with Gasteiger partial charge in [-0.15, -0.1) is 0 Å². The van der Waals surface area contributed by atoms with Crippen molar-refractivity contribution in [3.05, 3.63) is 48.0 Å². The number of H-pyrrole nitrogens is 1. The van der Waals surface area contributed by atoms with E-state index in [0.29, 0.717) is 5.56 Å². The first kappa shape index (κ1) is 21.6. The van der Waals surface area contributed by atoms with Gasteiger partial charge in [0.25, 0.3) is 0 Å². The molecule has 0 saturated carbocycles. The predicted molar refractivity (Wildman–Crippen MR) is 85.3 cm³/mol. The summed E-state index contributed by atoms with van der Waals surface area (Å²) in [5.41, 5.74) is -0.402. The summed E-state index contributed by atoms with van der Waals surface area (Å²) < 4.78 is 118. The Morgan fingerprint density at radius 2 is 1.47 bits per heavy atom. The minimum absolute atomic E-state index is 0.0972. The number of rotatable bonds is 6. The molecule has 0 atom stereocenters. The van der Waals surface area contributed by atoms with Gasteiger partial charge < -0.3 is 10.3 Å². The molecule has 0 fully saturated rings. The second-order valence-electron chi connectivity index (χ2n) is 6.07. The van der Waals surface area contributed by atoms with Crippen LogP contribution in [0.2, 0.25) is 0 Å². The van der Waals surface area contributed by atoms with E-state index in [-0.39, 0.29) is 12.4 Å². The lowest BCUT2D eigenvalue weighted by Crippen LogP contribution is -2.59. The van der Waals surface area contributed by atoms with Crippen molar-refractivity contribution in [2.75, 3.05) is 5.32 Å². The number of alkyl halides is 9. The van der Waals surface area contributed by atoms with Gasteiger partial charge in [0.2, 0.25) is 0 Å². The number of hydrogen-bond donors (Lipinski definition) is 2. The molecule has 30 heavy (non-hydrogen) atoms. The van der Waals surface area contributed by atoms with Crippen molar-refractivity contribution in [1.82, 2.24) is 19.9 Å². The van der Waals surface area contributed by atoms with Crippen LogP contribution in [-0.2, 0) is 12.5 Å². The van der Waals surface area contributed by atoms with Gasteiger partial charge in [0.05, 0.1) is 0 Å². The van der Waals surface area contributed by atoms with Gasteiger partial charge in [-0.3, -0.25) is 0 Å². The maximum absolute atomic E-state index is 14.1. The van der Waals surface area contributed by atoms with E-state index in [4.69, 9.17) is 0 Å². The molecule has 0 amide bonds. The number of fused-ring (bicyclic) bond motifs is 1. The van der Waals surface area contributed by atoms with Crippen LogP contribution in [0.5, 0.6) is 0 Å². The summed E-state index contributed by atoms with van der Waals surface area (Å²) in [4.78, 5) is 11.8. The molecule has 2 heterocycles. The highest BCUT2D eigenvalue weighted by atomic mass is 19.4. The second-order valence-corrected chi connectivity index (χ2v) is 6.07. The van der Waals surface area contributed by atoms with E-state index in [0.717, 1.165) is 6.33 Å². The molecule has 3 aromatic rings. The molecule has 0 unspecified atom stereocenters. The summed E-state index contributed by atoms with van der Waals surface area (Å²) in [6, 6.07) is 8.51. The van der Waals surface area contributed by atoms with Crippen molar-refractivity contribution in [3.8, 4) is 0 Å². The zero-order chi connectivity index (χ0) is 22.4. The quantitative estimate of drug-likeness (QED) is 0.533. The van der Waals surface area contributed by atoms with E-state index in [1.807, 2.05) is 0 Å². The molecule has 162 valence electrons. The molecule has 2 N–H and O–H groups in total. The lowest BCUT2D eigenvalue weighted by Gasteiger charge is -2.32. The first-order chi connectivity index (χ1) is 13.8. The first-order valence-corrected chi connectivity index (χ1v) is 7.98. The number of aromatic amines is 1. The summed E-state index contributed by atoms with van der Waals surface area (Å²) in [6.07, 6.45) is -6.10. The molecule has 3 rings (SSSR count). The average molecular weight is 443 g/mol. The van der Waals surface area contributed by atoms with Gasteiger partial charge >= 0.3 is 23.9 Å². The maximum Gasteiger partial charge on any atom is 0.460 e. The molecule has 14 heteroatoms. The Bertz CT molecular complexity index is 1030. The van der Waals surface area contributed by atoms with E-state index in [1.165, 1.54) is 0 Å². The minimum atomic E-state index is -7.03. The number of imidazole rings is 1. The molecule has 0 spiro atoms. The number of anilines is 1. The van der Waals surface area contributed by atoms with Crippen LogP contribution in [0.15, 0.2) is 36.7 Å². The molecule has 0 aliphatic heterocycles. The topological polar surface area (TPSA) is 66.5 Å². The summed E-state index contributed by atoms with van der Waals surface area (Å²) in [5.74, 6) is -22.2. The van der Waals surface area contributed by atoms with Crippen molar-refractivity contribution in [2.24, 2.45) is 0 Å². The van der Waals surface area contributed by atoms with Crippen molar-refractivity contribution in [1.29, 1.82) is 0 Å². The molecule has 2 aromatic heterocycles. The van der Waals surface area contributed by atoms with E-state index >= 15 is 0 Å². The lowest BCUT2D eigenvalue weighted by molar-refractivity contribution is -0.400. The van der Waals surface area contributed by atoms with Gasteiger partial charge in [-0.05, 0) is 5.56 Å². The third-order valence-corrected chi connectivity index (χ3v) is 4.03. The molecule has 0 radical (unpaired) electrons. The Labute approximate surface area is 161 Å². The standard InChI is InChI=1S/C16H10F9N5/c17-13(18,14(19,20)15(21,22)16(23,24)25)12-29-9-10(27-7-28-11(9)30-12)26-6-8-4-2-1-3-5-8/h1-5,7H,6H2,(H2,26,27,28,29,30). The summed E-state index contributed by atoms with van der Waals surface area (Å²) in [6.45, 7) is 0.0972. The highest BCUT2D eigenvalue weighted by Crippen LogP contribution is 2.56. The Hall–Kier alpha value is -3.06. The zero-order valence-corrected chi connectivity index (χ0v) is 14.4. The van der Waals surface area contributed by atoms with Gasteiger partial charge in [-0.1, -0.05) is 30.3 Å². The van der Waals surface area contributed by atoms with Gasteiger partial charge in [0.1, 0.15) is 11.8 Å². The van der Waals surface area contributed by atoms with Crippen LogP contribution in [0.3, 0.4) is 0 Å². The molecular formula is C16H10F9N5. The van der Waals surface area contributed by atoms with Crippen molar-refractivity contribution in [2.45, 2.75) is 30.5 Å². The zero-order valence-electron chi connectivity index (χ0n) is 14.4. The summed E-state index contributed by atoms with van der Waals surface area (Å²) in [7, 11) is 0. The smallest absolute Gasteiger partial charge is 0.364 e. The predicted octanol–water partition coefficient (Wildman–Crippen LogP) is 4.89. The van der Waals surface area contributed by atoms with E-state index in [2.05, 4.69) is 20.3 Å². The average Bonchev–Trinajstić information content (AvgIpc) is 3.11. The molecule has 0 saturated heterocycles. The van der Waals surface area contributed by atoms with E-state index in [1.54, 1.807) is 35.3 Å². The summed E-state index contributed by atoms with van der Waals surface area (Å²) >= 11 is 0. The molecule has 0 aliphatic rings. The Morgan fingerprint density at radius 3 is 2.07 bits per heavy atom. The number of aromatic nitrogens is 4. The molecule has 1 aromatic carbocycles. The van der Waals surface area contributed by atoms with Crippen molar-refractivity contribution in [3.63, 3.8) is 0 Å². The lowest BCUT2D eigenvalue weighted by atomic mass is 10.0. The maximum atomic E-state index is 14.1. The molecular weight excluding hydrogens is 433 g/mol. The number of hydrogen-bond acceptors (Lipinski definition) is 4. The number of halogens is 9. The fourth-order valence-electron chi connectivity index (χ4n) is 2.42. The number of nitrogens with one attached hydrogen (secondary N) is 2. The minimum Gasteiger partial charge on any atom is -0.364 e. The van der Waals surface area contributed by atoms with Crippen LogP contribution in [0.1, 0.15) is 11.4 Å². The third-order valence-electron chi connectivity index (χ3n) is 4.03. The van der Waals surface area contributed by atoms with Gasteiger partial charge in [-0.2, -0.15) is 39.5 Å². The fourth-order valence-corrected chi connectivity index (χ4v) is 2.42. The Balaban J connectivity index is 1.98. The SMILES string of the molecule is FC(F)(F)C(F)(F)C(F)(F)C(F)(F)c1nc2ncnc(NCc3ccccc3)c2[nH]1. The van der Waals surface area contributed by atoms with E-state index < -0.39 is 40.9 Å². The Kier molecular flexibility index (Phi) is 5.07. The number of nitrogens with zero attached hydrogens (tertiary/aromatic N) is 3. The molecule has 0 aliphatic carbocycles. The second kappa shape index (κ2) is 7.02. The van der Waals surface area contributed by atoms with Crippen molar-refractivity contribution < 1.29 is 39.5 Å². The monoisotopic (exact) mass is 443 g/mol. The van der Waals surface area contributed by atoms with Gasteiger partial charge in [-0.25, -0.2) is 15.0 Å². The summed E-state index contributed by atoms with van der Waals surface area (Å²) in [5, 5.41) is 2.68. The highest BCUT2D eigenvalue weighted by Gasteiger charge is 2.82. The third kappa shape index (κ3) is 3.39. The normalized spacial score (nSPS) is 13.6. The number of benzene rings is 1. The van der Waals surface area contributed by atoms with Crippen molar-refractivity contribution >= 4 is 17.0 Å². The van der Waals surface area contributed by atoms with Crippen LogP contribution in [-0.4, -0.2) is 38.0 Å². The van der Waals surface area contributed by atoms with Crippen LogP contribution < -0.4 is 5.32 Å². The Morgan fingerprint density at radius 1 is 0.833 bits per heavy atom. The van der Waals surface area contributed by atoms with Crippen LogP contribution in [0.4, 0.5) is 45.3 Å². The molecule has 0 bridgehead atoms. The van der Waals surface area contributed by atoms with E-state index in [9.17, 15) is 39.5 Å². The van der Waals surface area contributed by atoms with Crippen LogP contribution in [0.25, 0.3) is 11.2 Å². The van der Waals surface area contributed by atoms with Crippen LogP contribution >= 0.6 is 0 Å². The van der Waals surface area contributed by atoms with Gasteiger partial charge in [0, 0.05) is 6.54 Å². The van der Waals surface area contributed by atoms with Gasteiger partial charge in [0.15, 0.2) is 17.3 Å².